The van der Waals surface area contributed by atoms with Gasteiger partial charge in [-0.15, -0.1) is 0 Å². The van der Waals surface area contributed by atoms with E-state index in [-0.39, 0.29) is 45.4 Å². The molecule has 8 heteroatoms. The molecule has 0 rings (SSSR count). The van der Waals surface area contributed by atoms with Gasteiger partial charge in [0.15, 0.2) is 0 Å². The average molecular weight is 362 g/mol. The molecule has 0 amide bonds. The smallest absolute Gasteiger partial charge is 0.331 e. The maximum Gasteiger partial charge on any atom is 0.331 e. The quantitative estimate of drug-likeness (QED) is 0.266. The van der Waals surface area contributed by atoms with Gasteiger partial charge in [0.2, 0.25) is 0 Å². The zero-order valence-corrected chi connectivity index (χ0v) is 15.3. The lowest BCUT2D eigenvalue weighted by molar-refractivity contribution is -0.148. The Labute approximate surface area is 143 Å². The van der Waals surface area contributed by atoms with Crippen LogP contribution in [0.15, 0.2) is 25.3 Å². The number of hydrogen-bond acceptors (Lipinski definition) is 7. The summed E-state index contributed by atoms with van der Waals surface area (Å²) in [6.07, 6.45) is 2.83. The Morgan fingerprint density at radius 2 is 1.58 bits per heavy atom. The Morgan fingerprint density at radius 1 is 1.04 bits per heavy atom. The van der Waals surface area contributed by atoms with Crippen LogP contribution < -0.4 is 0 Å². The fraction of sp³-hybridized carbons (Fsp3) is 0.625. The monoisotopic (exact) mass is 362 g/mol. The van der Waals surface area contributed by atoms with E-state index in [4.69, 9.17) is 18.5 Å². The molecule has 0 aromatic heterocycles. The second-order valence-electron chi connectivity index (χ2n) is 4.76. The fourth-order valence-corrected chi connectivity index (χ4v) is 3.81. The lowest BCUT2D eigenvalue weighted by atomic mass is 10.1. The summed E-state index contributed by atoms with van der Waals surface area (Å²) in [4.78, 5) is 23.7. The number of hydrogen-bond donors (Lipinski definition) is 0. The van der Waals surface area contributed by atoms with Crippen molar-refractivity contribution in [3.05, 3.63) is 25.3 Å². The van der Waals surface area contributed by atoms with Crippen molar-refractivity contribution in [1.29, 1.82) is 0 Å². The Kier molecular flexibility index (Phi) is 12.2. The van der Waals surface area contributed by atoms with Crippen LogP contribution in [0.4, 0.5) is 0 Å². The van der Waals surface area contributed by atoms with Gasteiger partial charge in [-0.2, -0.15) is 0 Å². The second kappa shape index (κ2) is 12.9. The highest BCUT2D eigenvalue weighted by molar-refractivity contribution is 7.53. The molecule has 0 aliphatic rings. The predicted octanol–water partition coefficient (Wildman–Crippen LogP) is 3.11. The summed E-state index contributed by atoms with van der Waals surface area (Å²) < 4.78 is 32.9. The summed E-state index contributed by atoms with van der Waals surface area (Å²) in [6, 6.07) is 0. The van der Waals surface area contributed by atoms with Gasteiger partial charge in [-0.3, -0.25) is 14.2 Å². The topological polar surface area (TPSA) is 88.1 Å². The predicted molar refractivity (Wildman–Crippen MR) is 90.8 cm³/mol. The van der Waals surface area contributed by atoms with E-state index in [1.54, 1.807) is 13.8 Å². The molecule has 138 valence electrons. The van der Waals surface area contributed by atoms with Gasteiger partial charge in [-0.1, -0.05) is 25.3 Å². The van der Waals surface area contributed by atoms with Crippen LogP contribution in [-0.2, 0) is 32.7 Å². The summed E-state index contributed by atoms with van der Waals surface area (Å²) in [7, 11) is -3.44. The van der Waals surface area contributed by atoms with Crippen molar-refractivity contribution >= 4 is 19.5 Å². The molecule has 0 bridgehead atoms. The molecule has 1 unspecified atom stereocenters. The first-order valence-corrected chi connectivity index (χ1v) is 9.57. The van der Waals surface area contributed by atoms with Crippen molar-refractivity contribution in [1.82, 2.24) is 0 Å². The molecule has 0 spiro atoms. The molecule has 0 N–H and O–H groups in total. The van der Waals surface area contributed by atoms with Gasteiger partial charge < -0.3 is 18.5 Å². The van der Waals surface area contributed by atoms with Crippen molar-refractivity contribution in [2.24, 2.45) is 5.92 Å². The second-order valence-corrected chi connectivity index (χ2v) is 6.86. The highest BCUT2D eigenvalue weighted by atomic mass is 31.2. The summed E-state index contributed by atoms with van der Waals surface area (Å²) in [5.41, 5.74) is 0. The first-order valence-electron chi connectivity index (χ1n) is 7.84. The van der Waals surface area contributed by atoms with E-state index < -0.39 is 25.5 Å². The Balaban J connectivity index is 4.92. The molecule has 1 atom stereocenters. The van der Waals surface area contributed by atoms with Crippen LogP contribution in [-0.4, -0.2) is 44.5 Å². The standard InChI is InChI=1S/C16H27O7P/c1-5-11-20-15(17)10-9-14(16(18)21-12-6-2)13-24(19,22-7-3)23-8-4/h5-6,14H,1-2,7-13H2,3-4H3. The molecule has 0 heterocycles. The van der Waals surface area contributed by atoms with Crippen LogP contribution in [0.2, 0.25) is 0 Å². The third-order valence-electron chi connectivity index (χ3n) is 2.83. The number of esters is 2. The first kappa shape index (κ1) is 22.6. The SMILES string of the molecule is C=CCOC(=O)CCC(CP(=O)(OCC)OCC)C(=O)OCC=C. The maximum atomic E-state index is 12.6. The van der Waals surface area contributed by atoms with E-state index in [0.29, 0.717) is 0 Å². The van der Waals surface area contributed by atoms with Gasteiger partial charge in [-0.25, -0.2) is 0 Å². The maximum absolute atomic E-state index is 12.6. The molecule has 24 heavy (non-hydrogen) atoms. The van der Waals surface area contributed by atoms with E-state index in [2.05, 4.69) is 13.2 Å². The van der Waals surface area contributed by atoms with E-state index in [0.717, 1.165) is 0 Å². The van der Waals surface area contributed by atoms with Gasteiger partial charge >= 0.3 is 19.5 Å². The van der Waals surface area contributed by atoms with Crippen LogP contribution in [0.3, 0.4) is 0 Å². The highest BCUT2D eigenvalue weighted by Gasteiger charge is 2.33. The van der Waals surface area contributed by atoms with Crippen molar-refractivity contribution < 1.29 is 32.7 Å². The van der Waals surface area contributed by atoms with Gasteiger partial charge in [0, 0.05) is 6.42 Å². The number of ether oxygens (including phenoxy) is 2. The lowest BCUT2D eigenvalue weighted by Crippen LogP contribution is -2.24. The van der Waals surface area contributed by atoms with Crippen LogP contribution in [0.25, 0.3) is 0 Å². The van der Waals surface area contributed by atoms with Crippen LogP contribution in [0.1, 0.15) is 26.7 Å². The van der Waals surface area contributed by atoms with Crippen molar-refractivity contribution in [2.45, 2.75) is 26.7 Å². The third kappa shape index (κ3) is 9.65. The summed E-state index contributed by atoms with van der Waals surface area (Å²) in [6.45, 7) is 10.8. The molecule has 0 aliphatic heterocycles. The molecule has 0 fully saturated rings. The molecule has 0 radical (unpaired) electrons. The van der Waals surface area contributed by atoms with Crippen LogP contribution in [0, 0.1) is 5.92 Å². The highest BCUT2D eigenvalue weighted by Crippen LogP contribution is 2.50. The van der Waals surface area contributed by atoms with E-state index in [1.807, 2.05) is 0 Å². The Hall–Kier alpha value is -1.43. The van der Waals surface area contributed by atoms with Crippen molar-refractivity contribution in [3.8, 4) is 0 Å². The first-order chi connectivity index (χ1) is 11.4. The summed E-state index contributed by atoms with van der Waals surface area (Å²) in [5.74, 6) is -1.85. The van der Waals surface area contributed by atoms with E-state index in [1.165, 1.54) is 12.2 Å². The average Bonchev–Trinajstić information content (AvgIpc) is 2.54. The Morgan fingerprint density at radius 3 is 2.08 bits per heavy atom. The van der Waals surface area contributed by atoms with Gasteiger partial charge in [-0.05, 0) is 20.3 Å². The molecule has 0 aromatic carbocycles. The van der Waals surface area contributed by atoms with Crippen molar-refractivity contribution in [2.75, 3.05) is 32.6 Å². The molecular weight excluding hydrogens is 335 g/mol. The molecule has 0 saturated heterocycles. The van der Waals surface area contributed by atoms with Crippen molar-refractivity contribution in [3.63, 3.8) is 0 Å². The van der Waals surface area contributed by atoms with E-state index in [9.17, 15) is 14.2 Å². The molecule has 7 nitrogen and oxygen atoms in total. The normalized spacial score (nSPS) is 12.2. The minimum Gasteiger partial charge on any atom is -0.461 e. The zero-order valence-electron chi connectivity index (χ0n) is 14.4. The Bertz CT molecular complexity index is 451. The lowest BCUT2D eigenvalue weighted by Gasteiger charge is -2.22. The molecule has 0 aliphatic carbocycles. The van der Waals surface area contributed by atoms with Gasteiger partial charge in [0.1, 0.15) is 13.2 Å². The summed E-state index contributed by atoms with van der Waals surface area (Å²) in [5, 5.41) is 0. The summed E-state index contributed by atoms with van der Waals surface area (Å²) >= 11 is 0. The van der Waals surface area contributed by atoms with Gasteiger partial charge in [0.25, 0.3) is 0 Å². The van der Waals surface area contributed by atoms with Gasteiger partial charge in [0.05, 0.1) is 25.3 Å². The van der Waals surface area contributed by atoms with Crippen LogP contribution >= 0.6 is 7.60 Å². The van der Waals surface area contributed by atoms with E-state index >= 15 is 0 Å². The zero-order chi connectivity index (χ0) is 18.4. The third-order valence-corrected chi connectivity index (χ3v) is 5.02. The molecular formula is C16H27O7P. The van der Waals surface area contributed by atoms with Crippen LogP contribution in [0.5, 0.6) is 0 Å². The molecule has 0 saturated carbocycles. The fourth-order valence-electron chi connectivity index (χ4n) is 1.86. The number of carbonyl (C=O) groups excluding carboxylic acids is 2. The minimum absolute atomic E-state index is 0.0139. The number of carbonyl (C=O) groups is 2. The molecule has 0 aromatic rings. The number of rotatable bonds is 14. The minimum atomic E-state index is -3.44. The largest absolute Gasteiger partial charge is 0.461 e.